The molecule has 0 bridgehead atoms. The van der Waals surface area contributed by atoms with Crippen LogP contribution in [0.4, 0.5) is 0 Å². The van der Waals surface area contributed by atoms with E-state index in [1.54, 1.807) is 0 Å². The van der Waals surface area contributed by atoms with E-state index < -0.39 is 0 Å². The van der Waals surface area contributed by atoms with Gasteiger partial charge in [0.2, 0.25) is 0 Å². The molecular formula is C15H20ClN3. The first-order valence-corrected chi connectivity index (χ1v) is 6.55. The molecule has 102 valence electrons. The molecule has 4 heteroatoms. The molecule has 19 heavy (non-hydrogen) atoms. The predicted molar refractivity (Wildman–Crippen MR) is 81.6 cm³/mol. The number of likely N-dealkylation sites (tertiary alicyclic amines) is 1. The van der Waals surface area contributed by atoms with Gasteiger partial charge in [0, 0.05) is 36.8 Å². The summed E-state index contributed by atoms with van der Waals surface area (Å²) in [6.45, 7) is 5.16. The fourth-order valence-corrected chi connectivity index (χ4v) is 2.64. The van der Waals surface area contributed by atoms with Crippen molar-refractivity contribution in [3.8, 4) is 0 Å². The Balaban J connectivity index is 0.00000133. The van der Waals surface area contributed by atoms with Crippen molar-refractivity contribution in [2.24, 2.45) is 5.73 Å². The summed E-state index contributed by atoms with van der Waals surface area (Å²) in [5.74, 6) is 0. The highest BCUT2D eigenvalue weighted by atomic mass is 35.5. The summed E-state index contributed by atoms with van der Waals surface area (Å²) in [4.78, 5) is 6.95. The molecule has 0 unspecified atom stereocenters. The number of nitrogens with zero attached hydrogens (tertiary/aromatic N) is 2. The molecule has 1 aliphatic heterocycles. The van der Waals surface area contributed by atoms with E-state index >= 15 is 0 Å². The lowest BCUT2D eigenvalue weighted by Crippen LogP contribution is -2.26. The van der Waals surface area contributed by atoms with Crippen molar-refractivity contribution in [3.05, 3.63) is 41.6 Å². The fourth-order valence-electron chi connectivity index (χ4n) is 2.64. The number of pyridine rings is 1. The number of fused-ring (bicyclic) bond motifs is 1. The van der Waals surface area contributed by atoms with Gasteiger partial charge in [-0.2, -0.15) is 0 Å². The minimum Gasteiger partial charge on any atom is -0.326 e. The molecule has 1 aliphatic rings. The molecule has 2 N–H and O–H groups in total. The number of aromatic nitrogens is 1. The molecule has 1 aromatic heterocycles. The Morgan fingerprint density at radius 2 is 2.16 bits per heavy atom. The third-order valence-electron chi connectivity index (χ3n) is 3.61. The van der Waals surface area contributed by atoms with E-state index in [1.165, 1.54) is 10.9 Å². The maximum Gasteiger partial charge on any atom is 0.0705 e. The number of rotatable bonds is 2. The highest BCUT2D eigenvalue weighted by molar-refractivity contribution is 5.85. The lowest BCUT2D eigenvalue weighted by atomic mass is 10.1. The maximum absolute atomic E-state index is 5.93. The van der Waals surface area contributed by atoms with Crippen molar-refractivity contribution in [2.45, 2.75) is 25.9 Å². The van der Waals surface area contributed by atoms with Crippen molar-refractivity contribution in [3.63, 3.8) is 0 Å². The first-order chi connectivity index (χ1) is 8.70. The summed E-state index contributed by atoms with van der Waals surface area (Å²) < 4.78 is 0. The normalized spacial score (nSPS) is 19.6. The molecule has 2 heterocycles. The second kappa shape index (κ2) is 5.87. The molecule has 0 aliphatic carbocycles. The largest absolute Gasteiger partial charge is 0.326 e. The van der Waals surface area contributed by atoms with Crippen LogP contribution in [0, 0.1) is 6.92 Å². The smallest absolute Gasteiger partial charge is 0.0705 e. The topological polar surface area (TPSA) is 42.1 Å². The highest BCUT2D eigenvalue weighted by Crippen LogP contribution is 2.18. The van der Waals surface area contributed by atoms with Gasteiger partial charge < -0.3 is 5.73 Å². The van der Waals surface area contributed by atoms with Crippen LogP contribution in [-0.2, 0) is 6.54 Å². The van der Waals surface area contributed by atoms with E-state index in [0.29, 0.717) is 6.04 Å². The van der Waals surface area contributed by atoms with Crippen LogP contribution in [0.5, 0.6) is 0 Å². The zero-order valence-corrected chi connectivity index (χ0v) is 12.0. The summed E-state index contributed by atoms with van der Waals surface area (Å²) in [6.07, 6.45) is 1.12. The zero-order chi connectivity index (χ0) is 12.5. The fraction of sp³-hybridized carbons (Fsp3) is 0.400. The van der Waals surface area contributed by atoms with Crippen LogP contribution in [0.3, 0.4) is 0 Å². The highest BCUT2D eigenvalue weighted by Gasteiger charge is 2.18. The van der Waals surface area contributed by atoms with Gasteiger partial charge in [0.15, 0.2) is 0 Å². The molecule has 3 rings (SSSR count). The van der Waals surface area contributed by atoms with Gasteiger partial charge in [-0.25, -0.2) is 0 Å². The Hall–Kier alpha value is -1.16. The second-order valence-corrected chi connectivity index (χ2v) is 5.26. The monoisotopic (exact) mass is 277 g/mol. The van der Waals surface area contributed by atoms with Crippen LogP contribution in [0.25, 0.3) is 10.9 Å². The Bertz CT molecular complexity index is 570. The summed E-state index contributed by atoms with van der Waals surface area (Å²) in [5.41, 5.74) is 9.43. The molecule has 2 aromatic rings. The number of hydrogen-bond donors (Lipinski definition) is 1. The van der Waals surface area contributed by atoms with Crippen molar-refractivity contribution < 1.29 is 0 Å². The van der Waals surface area contributed by atoms with Crippen LogP contribution in [-0.4, -0.2) is 29.0 Å². The molecule has 1 aromatic carbocycles. The first-order valence-electron chi connectivity index (χ1n) is 6.55. The molecule has 3 nitrogen and oxygen atoms in total. The zero-order valence-electron chi connectivity index (χ0n) is 11.2. The van der Waals surface area contributed by atoms with Gasteiger partial charge in [-0.1, -0.05) is 12.1 Å². The maximum atomic E-state index is 5.93. The standard InChI is InChI=1S/C15H19N3.ClH/c1-11-2-4-13-8-12(3-5-15(13)17-11)9-18-7-6-14(16)10-18;/h2-5,8,14H,6-7,9-10,16H2,1H3;1H/t14-;/m0./s1. The molecular weight excluding hydrogens is 258 g/mol. The number of nitrogens with two attached hydrogens (primary N) is 1. The Morgan fingerprint density at radius 1 is 1.32 bits per heavy atom. The van der Waals surface area contributed by atoms with E-state index in [-0.39, 0.29) is 12.4 Å². The Labute approximate surface area is 120 Å². The van der Waals surface area contributed by atoms with E-state index in [1.807, 2.05) is 6.92 Å². The van der Waals surface area contributed by atoms with Crippen LogP contribution < -0.4 is 5.73 Å². The van der Waals surface area contributed by atoms with Crippen molar-refractivity contribution in [1.29, 1.82) is 0 Å². The summed E-state index contributed by atoms with van der Waals surface area (Å²) in [7, 11) is 0. The average Bonchev–Trinajstić information content (AvgIpc) is 2.75. The van der Waals surface area contributed by atoms with Crippen molar-refractivity contribution >= 4 is 23.3 Å². The minimum atomic E-state index is 0. The predicted octanol–water partition coefficient (Wildman–Crippen LogP) is 2.50. The summed E-state index contributed by atoms with van der Waals surface area (Å²) >= 11 is 0. The average molecular weight is 278 g/mol. The van der Waals surface area contributed by atoms with Gasteiger partial charge in [0.25, 0.3) is 0 Å². The quantitative estimate of drug-likeness (QED) is 0.917. The van der Waals surface area contributed by atoms with E-state index in [2.05, 4.69) is 40.2 Å². The second-order valence-electron chi connectivity index (χ2n) is 5.26. The molecule has 1 saturated heterocycles. The van der Waals surface area contributed by atoms with Gasteiger partial charge >= 0.3 is 0 Å². The molecule has 0 saturated carbocycles. The molecule has 1 fully saturated rings. The lowest BCUT2D eigenvalue weighted by molar-refractivity contribution is 0.327. The third-order valence-corrected chi connectivity index (χ3v) is 3.61. The molecule has 0 amide bonds. The van der Waals surface area contributed by atoms with E-state index in [4.69, 9.17) is 5.73 Å². The van der Waals surface area contributed by atoms with Crippen molar-refractivity contribution in [1.82, 2.24) is 9.88 Å². The Morgan fingerprint density at radius 3 is 2.89 bits per heavy atom. The molecule has 1 atom stereocenters. The van der Waals surface area contributed by atoms with E-state index in [9.17, 15) is 0 Å². The minimum absolute atomic E-state index is 0. The third kappa shape index (κ3) is 3.24. The summed E-state index contributed by atoms with van der Waals surface area (Å²) in [5, 5.41) is 1.22. The number of hydrogen-bond acceptors (Lipinski definition) is 3. The van der Waals surface area contributed by atoms with Crippen molar-refractivity contribution in [2.75, 3.05) is 13.1 Å². The number of benzene rings is 1. The Kier molecular flexibility index (Phi) is 4.40. The SMILES string of the molecule is Cc1ccc2cc(CN3CC[C@H](N)C3)ccc2n1.Cl. The van der Waals surface area contributed by atoms with E-state index in [0.717, 1.165) is 37.3 Å². The first kappa shape index (κ1) is 14.3. The molecule has 0 spiro atoms. The summed E-state index contributed by atoms with van der Waals surface area (Å²) in [6, 6.07) is 11.1. The van der Waals surface area contributed by atoms with Crippen LogP contribution in [0.2, 0.25) is 0 Å². The van der Waals surface area contributed by atoms with Crippen LogP contribution in [0.15, 0.2) is 30.3 Å². The van der Waals surface area contributed by atoms with Gasteiger partial charge in [0.1, 0.15) is 0 Å². The number of halogens is 1. The van der Waals surface area contributed by atoms with Gasteiger partial charge in [-0.3, -0.25) is 9.88 Å². The van der Waals surface area contributed by atoms with Gasteiger partial charge in [-0.15, -0.1) is 12.4 Å². The van der Waals surface area contributed by atoms with Crippen LogP contribution in [0.1, 0.15) is 17.7 Å². The number of aryl methyl sites for hydroxylation is 1. The van der Waals surface area contributed by atoms with Gasteiger partial charge in [-0.05, 0) is 37.1 Å². The van der Waals surface area contributed by atoms with Crippen LogP contribution >= 0.6 is 12.4 Å². The van der Waals surface area contributed by atoms with Gasteiger partial charge in [0.05, 0.1) is 5.52 Å². The lowest BCUT2D eigenvalue weighted by Gasteiger charge is -2.15. The molecule has 0 radical (unpaired) electrons.